The molecule has 1 N–H and O–H groups in total. The fourth-order valence-electron chi connectivity index (χ4n) is 3.28. The molecule has 0 bridgehead atoms. The second kappa shape index (κ2) is 5.41. The molecule has 1 aromatic heterocycles. The van der Waals surface area contributed by atoms with Crippen molar-refractivity contribution in [2.75, 3.05) is 19.7 Å². The Morgan fingerprint density at radius 2 is 2.44 bits per heavy atom. The van der Waals surface area contributed by atoms with Crippen LogP contribution < -0.4 is 5.32 Å². The van der Waals surface area contributed by atoms with Gasteiger partial charge in [-0.15, -0.1) is 0 Å². The molecule has 100 valence electrons. The normalized spacial score (nSPS) is 32.8. The first-order chi connectivity index (χ1) is 8.83. The van der Waals surface area contributed by atoms with Gasteiger partial charge in [0.2, 0.25) is 0 Å². The Morgan fingerprint density at radius 3 is 3.17 bits per heavy atom. The van der Waals surface area contributed by atoms with Crippen LogP contribution in [0.15, 0.2) is 12.5 Å². The van der Waals surface area contributed by atoms with Gasteiger partial charge in [0, 0.05) is 19.6 Å². The third kappa shape index (κ3) is 2.59. The molecule has 4 heteroatoms. The van der Waals surface area contributed by atoms with E-state index < -0.39 is 0 Å². The highest BCUT2D eigenvalue weighted by Gasteiger charge is 2.24. The molecule has 0 amide bonds. The quantitative estimate of drug-likeness (QED) is 0.890. The van der Waals surface area contributed by atoms with Crippen LogP contribution in [-0.4, -0.2) is 29.2 Å². The minimum atomic E-state index is 0.181. The second-order valence-corrected chi connectivity index (χ2v) is 5.82. The van der Waals surface area contributed by atoms with Crippen LogP contribution in [0.3, 0.4) is 0 Å². The third-order valence-electron chi connectivity index (χ3n) is 4.26. The number of rotatable bonds is 3. The largest absolute Gasteiger partial charge is 0.369 e. The zero-order valence-electron chi connectivity index (χ0n) is 11.1. The lowest BCUT2D eigenvalue weighted by molar-refractivity contribution is 0.0224. The number of nitrogens with one attached hydrogen (secondary N) is 1. The summed E-state index contributed by atoms with van der Waals surface area (Å²) in [5.74, 6) is 1.72. The molecule has 3 atom stereocenters. The van der Waals surface area contributed by atoms with Crippen molar-refractivity contribution in [1.82, 2.24) is 14.9 Å². The predicted molar refractivity (Wildman–Crippen MR) is 70.3 cm³/mol. The van der Waals surface area contributed by atoms with Crippen LogP contribution in [0.25, 0.3) is 0 Å². The van der Waals surface area contributed by atoms with Crippen molar-refractivity contribution in [3.05, 3.63) is 18.2 Å². The number of aromatic nitrogens is 2. The van der Waals surface area contributed by atoms with Crippen LogP contribution in [0.5, 0.6) is 0 Å². The molecule has 3 rings (SSSR count). The summed E-state index contributed by atoms with van der Waals surface area (Å²) < 4.78 is 8.13. The summed E-state index contributed by atoms with van der Waals surface area (Å²) >= 11 is 0. The van der Waals surface area contributed by atoms with Gasteiger partial charge in [-0.2, -0.15) is 0 Å². The second-order valence-electron chi connectivity index (χ2n) is 5.82. The van der Waals surface area contributed by atoms with Crippen molar-refractivity contribution < 1.29 is 4.74 Å². The highest BCUT2D eigenvalue weighted by atomic mass is 16.5. The van der Waals surface area contributed by atoms with Gasteiger partial charge < -0.3 is 14.6 Å². The van der Waals surface area contributed by atoms with E-state index in [9.17, 15) is 0 Å². The van der Waals surface area contributed by atoms with E-state index in [1.165, 1.54) is 25.0 Å². The summed E-state index contributed by atoms with van der Waals surface area (Å²) in [5, 5.41) is 3.38. The van der Waals surface area contributed by atoms with E-state index in [1.807, 2.05) is 12.5 Å². The van der Waals surface area contributed by atoms with Crippen molar-refractivity contribution in [3.8, 4) is 0 Å². The van der Waals surface area contributed by atoms with Gasteiger partial charge in [0.05, 0.1) is 24.8 Å². The molecule has 0 aromatic carbocycles. The molecule has 18 heavy (non-hydrogen) atoms. The molecule has 0 spiro atoms. The van der Waals surface area contributed by atoms with E-state index >= 15 is 0 Å². The van der Waals surface area contributed by atoms with Crippen LogP contribution in [0, 0.1) is 11.8 Å². The Morgan fingerprint density at radius 1 is 1.50 bits per heavy atom. The fourth-order valence-corrected chi connectivity index (χ4v) is 3.28. The van der Waals surface area contributed by atoms with Gasteiger partial charge in [-0.25, -0.2) is 4.98 Å². The van der Waals surface area contributed by atoms with E-state index in [0.29, 0.717) is 0 Å². The molecule has 2 fully saturated rings. The lowest BCUT2D eigenvalue weighted by Crippen LogP contribution is -2.34. The zero-order chi connectivity index (χ0) is 12.4. The first-order valence-corrected chi connectivity index (χ1v) is 7.15. The van der Waals surface area contributed by atoms with Gasteiger partial charge in [-0.05, 0) is 24.7 Å². The van der Waals surface area contributed by atoms with E-state index in [4.69, 9.17) is 4.74 Å². The smallest absolute Gasteiger partial charge is 0.111 e. The lowest BCUT2D eigenvalue weighted by atomic mass is 10.1. The molecule has 1 aliphatic carbocycles. The predicted octanol–water partition coefficient (Wildman–Crippen LogP) is 1.98. The molecule has 4 nitrogen and oxygen atoms in total. The maximum atomic E-state index is 5.83. The maximum Gasteiger partial charge on any atom is 0.111 e. The van der Waals surface area contributed by atoms with Crippen molar-refractivity contribution in [2.24, 2.45) is 11.8 Å². The van der Waals surface area contributed by atoms with Crippen LogP contribution in [0.4, 0.5) is 0 Å². The van der Waals surface area contributed by atoms with Gasteiger partial charge >= 0.3 is 0 Å². The minimum Gasteiger partial charge on any atom is -0.369 e. The molecule has 2 aliphatic rings. The zero-order valence-corrected chi connectivity index (χ0v) is 11.1. The number of hydrogen-bond acceptors (Lipinski definition) is 3. The number of morpholine rings is 1. The molecule has 3 unspecified atom stereocenters. The highest BCUT2D eigenvalue weighted by molar-refractivity contribution is 5.05. The molecular formula is C14H23N3O. The molecule has 1 aliphatic heterocycles. The monoisotopic (exact) mass is 249 g/mol. The van der Waals surface area contributed by atoms with E-state index in [2.05, 4.69) is 21.8 Å². The first-order valence-electron chi connectivity index (χ1n) is 7.15. The molecule has 2 heterocycles. The fraction of sp³-hybridized carbons (Fsp3) is 0.786. The van der Waals surface area contributed by atoms with Gasteiger partial charge in [-0.3, -0.25) is 0 Å². The molecule has 1 aromatic rings. The molecular weight excluding hydrogens is 226 g/mol. The first kappa shape index (κ1) is 12.2. The van der Waals surface area contributed by atoms with Crippen LogP contribution >= 0.6 is 0 Å². The molecule has 0 radical (unpaired) electrons. The topological polar surface area (TPSA) is 39.1 Å². The summed E-state index contributed by atoms with van der Waals surface area (Å²) in [6.45, 7) is 6.15. The maximum absolute atomic E-state index is 5.83. The third-order valence-corrected chi connectivity index (χ3v) is 4.26. The summed E-state index contributed by atoms with van der Waals surface area (Å²) in [6.07, 6.45) is 8.23. The Labute approximate surface area is 109 Å². The van der Waals surface area contributed by atoms with Gasteiger partial charge in [0.1, 0.15) is 6.10 Å². The van der Waals surface area contributed by atoms with Crippen molar-refractivity contribution >= 4 is 0 Å². The molecule has 1 saturated carbocycles. The summed E-state index contributed by atoms with van der Waals surface area (Å²) in [6, 6.07) is 0. The van der Waals surface area contributed by atoms with Crippen LogP contribution in [0.2, 0.25) is 0 Å². The summed E-state index contributed by atoms with van der Waals surface area (Å²) in [4.78, 5) is 4.31. The Bertz CT molecular complexity index is 384. The Hall–Kier alpha value is -0.870. The molecule has 1 saturated heterocycles. The number of imidazole rings is 1. The standard InChI is InChI=1S/C14H23N3O/c1-11-2-3-12(6-11)9-17-10-16-7-13(17)14-8-15-4-5-18-14/h7,10-12,14-15H,2-6,8-9H2,1H3. The van der Waals surface area contributed by atoms with E-state index in [1.54, 1.807) is 0 Å². The average Bonchev–Trinajstić information content (AvgIpc) is 3.00. The lowest BCUT2D eigenvalue weighted by Gasteiger charge is -2.25. The van der Waals surface area contributed by atoms with Crippen LogP contribution in [0.1, 0.15) is 38.0 Å². The van der Waals surface area contributed by atoms with Crippen molar-refractivity contribution in [2.45, 2.75) is 38.8 Å². The van der Waals surface area contributed by atoms with Crippen molar-refractivity contribution in [3.63, 3.8) is 0 Å². The summed E-state index contributed by atoms with van der Waals surface area (Å²) in [7, 11) is 0. The average molecular weight is 249 g/mol. The van der Waals surface area contributed by atoms with Gasteiger partial charge in [0.25, 0.3) is 0 Å². The Kier molecular flexibility index (Phi) is 3.66. The highest BCUT2D eigenvalue weighted by Crippen LogP contribution is 2.32. The number of ether oxygens (including phenoxy) is 1. The minimum absolute atomic E-state index is 0.181. The number of hydrogen-bond donors (Lipinski definition) is 1. The van der Waals surface area contributed by atoms with Crippen molar-refractivity contribution in [1.29, 1.82) is 0 Å². The van der Waals surface area contributed by atoms with E-state index in [0.717, 1.165) is 38.1 Å². The van der Waals surface area contributed by atoms with E-state index in [-0.39, 0.29) is 6.10 Å². The van der Waals surface area contributed by atoms with Crippen LogP contribution in [-0.2, 0) is 11.3 Å². The SMILES string of the molecule is CC1CCC(Cn2cncc2C2CNCCO2)C1. The van der Waals surface area contributed by atoms with Gasteiger partial charge in [0.15, 0.2) is 0 Å². The van der Waals surface area contributed by atoms with Gasteiger partial charge in [-0.1, -0.05) is 13.3 Å². The summed E-state index contributed by atoms with van der Waals surface area (Å²) in [5.41, 5.74) is 1.24. The number of nitrogens with zero attached hydrogens (tertiary/aromatic N) is 2. The Balaban J connectivity index is 1.67.